The van der Waals surface area contributed by atoms with Crippen LogP contribution in [0.2, 0.25) is 5.02 Å². The first-order valence-corrected chi connectivity index (χ1v) is 5.37. The fourth-order valence-corrected chi connectivity index (χ4v) is 1.74. The van der Waals surface area contributed by atoms with Gasteiger partial charge in [0.15, 0.2) is 0 Å². The molecule has 17 heavy (non-hydrogen) atoms. The number of nitrogens with zero attached hydrogens (tertiary/aromatic N) is 2. The predicted molar refractivity (Wildman–Crippen MR) is 71.1 cm³/mol. The number of hydrogen-bond acceptors (Lipinski definition) is 3. The van der Waals surface area contributed by atoms with Gasteiger partial charge in [-0.2, -0.15) is 0 Å². The van der Waals surface area contributed by atoms with E-state index in [1.807, 2.05) is 18.2 Å². The zero-order chi connectivity index (χ0) is 12.3. The molecule has 0 bridgehead atoms. The van der Waals surface area contributed by atoms with E-state index in [0.29, 0.717) is 11.0 Å². The van der Waals surface area contributed by atoms with Crippen LogP contribution in [0, 0.1) is 0 Å². The summed E-state index contributed by atoms with van der Waals surface area (Å²) in [6, 6.07) is 7.39. The van der Waals surface area contributed by atoms with E-state index in [0.717, 1.165) is 16.6 Å². The first kappa shape index (κ1) is 11.6. The lowest BCUT2D eigenvalue weighted by atomic mass is 10.2. The lowest BCUT2D eigenvalue weighted by Crippen LogP contribution is -2.36. The molecule has 0 atom stereocenters. The molecule has 0 saturated carbocycles. The van der Waals surface area contributed by atoms with Crippen molar-refractivity contribution < 1.29 is 0 Å². The van der Waals surface area contributed by atoms with Crippen LogP contribution in [0.4, 0.5) is 5.69 Å². The molecule has 0 unspecified atom stereocenters. The zero-order valence-electron chi connectivity index (χ0n) is 9.24. The van der Waals surface area contributed by atoms with Gasteiger partial charge in [0.1, 0.15) is 0 Å². The lowest BCUT2D eigenvalue weighted by molar-refractivity contribution is 1.01. The molecule has 88 valence electrons. The van der Waals surface area contributed by atoms with Gasteiger partial charge < -0.3 is 5.32 Å². The van der Waals surface area contributed by atoms with Crippen molar-refractivity contribution in [2.24, 2.45) is 10.8 Å². The Labute approximate surface area is 104 Å². The van der Waals surface area contributed by atoms with Crippen LogP contribution in [0.5, 0.6) is 0 Å². The summed E-state index contributed by atoms with van der Waals surface area (Å²) in [5.74, 6) is 5.77. The van der Waals surface area contributed by atoms with Gasteiger partial charge in [-0.3, -0.25) is 15.4 Å². The van der Waals surface area contributed by atoms with E-state index in [1.54, 1.807) is 19.3 Å². The van der Waals surface area contributed by atoms with Crippen molar-refractivity contribution in [2.45, 2.75) is 0 Å². The van der Waals surface area contributed by atoms with Crippen molar-refractivity contribution in [3.05, 3.63) is 35.5 Å². The highest BCUT2D eigenvalue weighted by atomic mass is 35.5. The number of benzene rings is 1. The molecule has 1 heterocycles. The molecule has 1 aromatic carbocycles. The standard InChI is InChI=1S/C11H12ClN5/c1-14-11(17-13)16-9-5-4-8(12)7-3-2-6-15-10(7)9/h2-6H,13H2,1H3,(H2,14,16,17). The van der Waals surface area contributed by atoms with Crippen molar-refractivity contribution in [1.82, 2.24) is 10.4 Å². The van der Waals surface area contributed by atoms with Crippen molar-refractivity contribution in [3.63, 3.8) is 0 Å². The summed E-state index contributed by atoms with van der Waals surface area (Å²) < 4.78 is 0. The number of hydrazine groups is 1. The van der Waals surface area contributed by atoms with Crippen molar-refractivity contribution in [3.8, 4) is 0 Å². The minimum atomic E-state index is 0.458. The van der Waals surface area contributed by atoms with Gasteiger partial charge in [-0.1, -0.05) is 11.6 Å². The average Bonchev–Trinajstić information content (AvgIpc) is 2.38. The number of hydrogen-bond donors (Lipinski definition) is 3. The third kappa shape index (κ3) is 2.30. The quantitative estimate of drug-likeness (QED) is 0.312. The molecular weight excluding hydrogens is 238 g/mol. The molecule has 0 saturated heterocycles. The normalized spacial score (nSPS) is 11.6. The molecule has 1 aromatic heterocycles. The van der Waals surface area contributed by atoms with E-state index >= 15 is 0 Å². The third-order valence-corrected chi connectivity index (χ3v) is 2.66. The van der Waals surface area contributed by atoms with E-state index in [2.05, 4.69) is 20.7 Å². The highest BCUT2D eigenvalue weighted by Crippen LogP contribution is 2.27. The van der Waals surface area contributed by atoms with Gasteiger partial charge in [0, 0.05) is 18.6 Å². The molecule has 0 aliphatic carbocycles. The number of pyridine rings is 1. The Balaban J connectivity index is 2.52. The Morgan fingerprint density at radius 2 is 2.24 bits per heavy atom. The minimum Gasteiger partial charge on any atom is -0.323 e. The van der Waals surface area contributed by atoms with Crippen LogP contribution in [0.1, 0.15) is 0 Å². The maximum Gasteiger partial charge on any atom is 0.210 e. The molecule has 5 nitrogen and oxygen atoms in total. The Morgan fingerprint density at radius 3 is 2.94 bits per heavy atom. The third-order valence-electron chi connectivity index (χ3n) is 2.33. The van der Waals surface area contributed by atoms with Gasteiger partial charge >= 0.3 is 0 Å². The summed E-state index contributed by atoms with van der Waals surface area (Å²) in [5.41, 5.74) is 4.03. The molecule has 0 radical (unpaired) electrons. The summed E-state index contributed by atoms with van der Waals surface area (Å²) in [4.78, 5) is 8.23. The van der Waals surface area contributed by atoms with Crippen molar-refractivity contribution in [2.75, 3.05) is 12.4 Å². The summed E-state index contributed by atoms with van der Waals surface area (Å²) >= 11 is 6.09. The Kier molecular flexibility index (Phi) is 3.41. The number of aromatic nitrogens is 1. The average molecular weight is 250 g/mol. The molecule has 6 heteroatoms. The second kappa shape index (κ2) is 4.99. The fraction of sp³-hybridized carbons (Fsp3) is 0.0909. The summed E-state index contributed by atoms with van der Waals surface area (Å²) in [7, 11) is 1.63. The number of halogens is 1. The lowest BCUT2D eigenvalue weighted by Gasteiger charge is -2.10. The maximum atomic E-state index is 6.09. The van der Waals surface area contributed by atoms with Gasteiger partial charge in [-0.05, 0) is 24.3 Å². The van der Waals surface area contributed by atoms with E-state index in [1.165, 1.54) is 0 Å². The molecule has 0 spiro atoms. The van der Waals surface area contributed by atoms with E-state index < -0.39 is 0 Å². The molecule has 4 N–H and O–H groups in total. The molecule has 2 rings (SSSR count). The van der Waals surface area contributed by atoms with E-state index in [9.17, 15) is 0 Å². The van der Waals surface area contributed by atoms with Gasteiger partial charge in [-0.25, -0.2) is 5.84 Å². The second-order valence-corrected chi connectivity index (χ2v) is 3.74. The second-order valence-electron chi connectivity index (χ2n) is 3.34. The van der Waals surface area contributed by atoms with E-state index in [-0.39, 0.29) is 0 Å². The number of nitrogens with one attached hydrogen (secondary N) is 2. The summed E-state index contributed by atoms with van der Waals surface area (Å²) in [5, 5.41) is 4.58. The number of aliphatic imine (C=N–C) groups is 1. The Bertz CT molecular complexity index is 567. The van der Waals surface area contributed by atoms with Crippen LogP contribution >= 0.6 is 11.6 Å². The van der Waals surface area contributed by atoms with Gasteiger partial charge in [0.2, 0.25) is 5.96 Å². The van der Waals surface area contributed by atoms with Crippen LogP contribution in [0.15, 0.2) is 35.5 Å². The minimum absolute atomic E-state index is 0.458. The number of guanidine groups is 1. The fourth-order valence-electron chi connectivity index (χ4n) is 1.52. The maximum absolute atomic E-state index is 6.09. The Hall–Kier alpha value is -1.85. The summed E-state index contributed by atoms with van der Waals surface area (Å²) in [6.07, 6.45) is 1.71. The van der Waals surface area contributed by atoms with Gasteiger partial charge in [-0.15, -0.1) is 0 Å². The molecule has 0 aliphatic heterocycles. The number of nitrogens with two attached hydrogens (primary N) is 1. The molecule has 2 aromatic rings. The first-order valence-electron chi connectivity index (χ1n) is 5.00. The Morgan fingerprint density at radius 1 is 1.41 bits per heavy atom. The van der Waals surface area contributed by atoms with Crippen LogP contribution in [-0.2, 0) is 0 Å². The van der Waals surface area contributed by atoms with Crippen LogP contribution in [0.3, 0.4) is 0 Å². The number of anilines is 1. The van der Waals surface area contributed by atoms with Crippen LogP contribution in [0.25, 0.3) is 10.9 Å². The SMILES string of the molecule is CN=C(NN)Nc1ccc(Cl)c2cccnc12. The summed E-state index contributed by atoms with van der Waals surface area (Å²) in [6.45, 7) is 0. The van der Waals surface area contributed by atoms with Crippen molar-refractivity contribution in [1.29, 1.82) is 0 Å². The first-order chi connectivity index (χ1) is 8.26. The number of rotatable bonds is 1. The molecular formula is C11H12ClN5. The highest BCUT2D eigenvalue weighted by molar-refractivity contribution is 6.35. The van der Waals surface area contributed by atoms with E-state index in [4.69, 9.17) is 17.4 Å². The monoisotopic (exact) mass is 249 g/mol. The smallest absolute Gasteiger partial charge is 0.210 e. The van der Waals surface area contributed by atoms with Gasteiger partial charge in [0.05, 0.1) is 16.2 Å². The topological polar surface area (TPSA) is 75.3 Å². The van der Waals surface area contributed by atoms with Crippen molar-refractivity contribution >= 4 is 34.2 Å². The highest BCUT2D eigenvalue weighted by Gasteiger charge is 2.06. The zero-order valence-corrected chi connectivity index (χ0v) is 9.99. The molecule has 0 fully saturated rings. The predicted octanol–water partition coefficient (Wildman–Crippen LogP) is 1.75. The van der Waals surface area contributed by atoms with Crippen LogP contribution in [-0.4, -0.2) is 18.0 Å². The molecule has 0 amide bonds. The molecule has 0 aliphatic rings. The largest absolute Gasteiger partial charge is 0.323 e. The van der Waals surface area contributed by atoms with Gasteiger partial charge in [0.25, 0.3) is 0 Å². The number of fused-ring (bicyclic) bond motifs is 1. The van der Waals surface area contributed by atoms with Crippen LogP contribution < -0.4 is 16.6 Å².